The van der Waals surface area contributed by atoms with Gasteiger partial charge in [-0.3, -0.25) is 0 Å². The Kier molecular flexibility index (Phi) is 2.29. The predicted molar refractivity (Wildman–Crippen MR) is 39.0 cm³/mol. The molecule has 0 fully saturated rings. The van der Waals surface area contributed by atoms with Crippen molar-refractivity contribution >= 4 is 11.6 Å². The van der Waals surface area contributed by atoms with Crippen molar-refractivity contribution in [2.45, 2.75) is 13.0 Å². The second kappa shape index (κ2) is 3.03. The van der Waals surface area contributed by atoms with E-state index in [1.54, 1.807) is 6.33 Å². The minimum atomic E-state index is -0.645. The zero-order chi connectivity index (χ0) is 7.56. The molecule has 1 unspecified atom stereocenters. The van der Waals surface area contributed by atoms with Crippen LogP contribution in [0.2, 0.25) is 0 Å². The molecule has 0 aliphatic carbocycles. The second-order valence-corrected chi connectivity index (χ2v) is 2.39. The van der Waals surface area contributed by atoms with Gasteiger partial charge in [0.05, 0.1) is 17.9 Å². The van der Waals surface area contributed by atoms with Gasteiger partial charge in [-0.2, -0.15) is 0 Å². The van der Waals surface area contributed by atoms with Crippen LogP contribution in [0, 0.1) is 6.92 Å². The van der Waals surface area contributed by atoms with Gasteiger partial charge < -0.3 is 10.1 Å². The Morgan fingerprint density at radius 3 is 3.00 bits per heavy atom. The Balaban J connectivity index is 2.82. The molecule has 1 aromatic heterocycles. The number of aliphatic hydroxyl groups is 1. The fraction of sp³-hybridized carbons (Fsp3) is 0.500. The fourth-order valence-electron chi connectivity index (χ4n) is 0.778. The van der Waals surface area contributed by atoms with E-state index in [9.17, 15) is 5.11 Å². The van der Waals surface area contributed by atoms with Crippen LogP contribution in [0.3, 0.4) is 0 Å². The van der Waals surface area contributed by atoms with Gasteiger partial charge in [-0.25, -0.2) is 4.98 Å². The zero-order valence-electron chi connectivity index (χ0n) is 5.63. The van der Waals surface area contributed by atoms with Crippen LogP contribution in [0.4, 0.5) is 0 Å². The van der Waals surface area contributed by atoms with E-state index in [-0.39, 0.29) is 5.88 Å². The van der Waals surface area contributed by atoms with Gasteiger partial charge in [0, 0.05) is 5.69 Å². The molecule has 2 N–H and O–H groups in total. The highest BCUT2D eigenvalue weighted by Gasteiger charge is 2.10. The summed E-state index contributed by atoms with van der Waals surface area (Å²) in [5.74, 6) is 0.186. The van der Waals surface area contributed by atoms with E-state index in [4.69, 9.17) is 11.6 Å². The molecular formula is C6H9ClN2O. The molecule has 0 aromatic carbocycles. The first-order chi connectivity index (χ1) is 4.75. The topological polar surface area (TPSA) is 48.9 Å². The van der Waals surface area contributed by atoms with Crippen molar-refractivity contribution < 1.29 is 5.11 Å². The van der Waals surface area contributed by atoms with Gasteiger partial charge in [-0.1, -0.05) is 0 Å². The second-order valence-electron chi connectivity index (χ2n) is 2.08. The summed E-state index contributed by atoms with van der Waals surface area (Å²) in [7, 11) is 0. The highest BCUT2D eigenvalue weighted by Crippen LogP contribution is 2.13. The number of aliphatic hydroxyl groups excluding tert-OH is 1. The zero-order valence-corrected chi connectivity index (χ0v) is 6.39. The standard InChI is InChI=1S/C6H9ClN2O/c1-4-6(5(10)2-7)9-3-8-4/h3,5,10H,2H2,1H3,(H,8,9). The van der Waals surface area contributed by atoms with Crippen molar-refractivity contribution in [2.24, 2.45) is 0 Å². The van der Waals surface area contributed by atoms with Crippen LogP contribution in [-0.2, 0) is 0 Å². The summed E-state index contributed by atoms with van der Waals surface area (Å²) in [6, 6.07) is 0. The van der Waals surface area contributed by atoms with Gasteiger partial charge in [-0.15, -0.1) is 11.6 Å². The maximum absolute atomic E-state index is 9.18. The van der Waals surface area contributed by atoms with Crippen LogP contribution in [0.5, 0.6) is 0 Å². The summed E-state index contributed by atoms with van der Waals surface area (Å²) < 4.78 is 0. The van der Waals surface area contributed by atoms with Gasteiger partial charge in [0.2, 0.25) is 0 Å². The molecule has 0 radical (unpaired) electrons. The lowest BCUT2D eigenvalue weighted by atomic mass is 10.2. The number of alkyl halides is 1. The summed E-state index contributed by atoms with van der Waals surface area (Å²) in [5.41, 5.74) is 1.50. The molecular weight excluding hydrogens is 152 g/mol. The van der Waals surface area contributed by atoms with E-state index in [0.29, 0.717) is 5.69 Å². The molecule has 1 aromatic rings. The average Bonchev–Trinajstić information content (AvgIpc) is 2.34. The summed E-state index contributed by atoms with van der Waals surface area (Å²) in [5, 5.41) is 9.18. The normalized spacial score (nSPS) is 13.5. The van der Waals surface area contributed by atoms with Crippen molar-refractivity contribution in [2.75, 3.05) is 5.88 Å². The summed E-state index contributed by atoms with van der Waals surface area (Å²) in [6.45, 7) is 1.85. The first-order valence-corrected chi connectivity index (χ1v) is 3.53. The lowest BCUT2D eigenvalue weighted by Crippen LogP contribution is -2.00. The van der Waals surface area contributed by atoms with Gasteiger partial charge in [0.15, 0.2) is 0 Å². The maximum atomic E-state index is 9.18. The van der Waals surface area contributed by atoms with Crippen molar-refractivity contribution in [3.05, 3.63) is 17.7 Å². The van der Waals surface area contributed by atoms with E-state index < -0.39 is 6.10 Å². The predicted octanol–water partition coefficient (Wildman–Crippen LogP) is 0.990. The van der Waals surface area contributed by atoms with Crippen LogP contribution in [0.15, 0.2) is 6.33 Å². The third kappa shape index (κ3) is 1.30. The van der Waals surface area contributed by atoms with E-state index in [1.807, 2.05) is 6.92 Å². The lowest BCUT2D eigenvalue weighted by molar-refractivity contribution is 0.197. The molecule has 0 bridgehead atoms. The minimum Gasteiger partial charge on any atom is -0.385 e. The largest absolute Gasteiger partial charge is 0.385 e. The number of hydrogen-bond donors (Lipinski definition) is 2. The highest BCUT2D eigenvalue weighted by molar-refractivity contribution is 6.18. The SMILES string of the molecule is Cc1[nH]cnc1C(O)CCl. The number of H-pyrrole nitrogens is 1. The van der Waals surface area contributed by atoms with E-state index in [1.165, 1.54) is 0 Å². The number of rotatable bonds is 2. The van der Waals surface area contributed by atoms with Crippen LogP contribution < -0.4 is 0 Å². The van der Waals surface area contributed by atoms with Gasteiger partial charge in [0.1, 0.15) is 6.10 Å². The van der Waals surface area contributed by atoms with Crippen molar-refractivity contribution in [1.29, 1.82) is 0 Å². The number of nitrogens with one attached hydrogen (secondary N) is 1. The van der Waals surface area contributed by atoms with Crippen LogP contribution >= 0.6 is 11.6 Å². The van der Waals surface area contributed by atoms with E-state index >= 15 is 0 Å². The summed E-state index contributed by atoms with van der Waals surface area (Å²) in [6.07, 6.45) is 0.897. The highest BCUT2D eigenvalue weighted by atomic mass is 35.5. The molecule has 56 valence electrons. The van der Waals surface area contributed by atoms with E-state index in [0.717, 1.165) is 5.69 Å². The van der Waals surface area contributed by atoms with Crippen LogP contribution in [-0.4, -0.2) is 21.0 Å². The van der Waals surface area contributed by atoms with Gasteiger partial charge in [0.25, 0.3) is 0 Å². The van der Waals surface area contributed by atoms with Gasteiger partial charge >= 0.3 is 0 Å². The minimum absolute atomic E-state index is 0.186. The molecule has 10 heavy (non-hydrogen) atoms. The molecule has 4 heteroatoms. The van der Waals surface area contributed by atoms with Gasteiger partial charge in [-0.05, 0) is 6.92 Å². The fourth-order valence-corrected chi connectivity index (χ4v) is 0.925. The number of halogens is 1. The van der Waals surface area contributed by atoms with E-state index in [2.05, 4.69) is 9.97 Å². The number of aromatic nitrogens is 2. The monoisotopic (exact) mass is 160 g/mol. The summed E-state index contributed by atoms with van der Waals surface area (Å²) in [4.78, 5) is 6.75. The molecule has 1 heterocycles. The molecule has 0 aliphatic heterocycles. The number of imidazole rings is 1. The Labute approximate surface area is 64.1 Å². The molecule has 0 amide bonds. The summed E-state index contributed by atoms with van der Waals surface area (Å²) >= 11 is 5.41. The van der Waals surface area contributed by atoms with Crippen molar-refractivity contribution in [1.82, 2.24) is 9.97 Å². The molecule has 3 nitrogen and oxygen atoms in total. The maximum Gasteiger partial charge on any atom is 0.111 e. The molecule has 1 rings (SSSR count). The van der Waals surface area contributed by atoms with Crippen molar-refractivity contribution in [3.8, 4) is 0 Å². The number of hydrogen-bond acceptors (Lipinski definition) is 2. The molecule has 0 saturated carbocycles. The smallest absolute Gasteiger partial charge is 0.111 e. The average molecular weight is 161 g/mol. The van der Waals surface area contributed by atoms with Crippen LogP contribution in [0.1, 0.15) is 17.5 Å². The first-order valence-electron chi connectivity index (χ1n) is 2.99. The number of aryl methyl sites for hydroxylation is 1. The third-order valence-electron chi connectivity index (χ3n) is 1.33. The lowest BCUT2D eigenvalue weighted by Gasteiger charge is -2.02. The molecule has 0 aliphatic rings. The molecule has 1 atom stereocenters. The Morgan fingerprint density at radius 1 is 1.90 bits per heavy atom. The molecule has 0 saturated heterocycles. The van der Waals surface area contributed by atoms with Crippen molar-refractivity contribution in [3.63, 3.8) is 0 Å². The number of aromatic amines is 1. The number of nitrogens with zero attached hydrogens (tertiary/aromatic N) is 1. The van der Waals surface area contributed by atoms with Crippen LogP contribution in [0.25, 0.3) is 0 Å². The molecule has 0 spiro atoms. The Hall–Kier alpha value is -0.540. The first kappa shape index (κ1) is 7.57. The quantitative estimate of drug-likeness (QED) is 0.634. The Morgan fingerprint density at radius 2 is 2.60 bits per heavy atom. The Bertz CT molecular complexity index is 211. The third-order valence-corrected chi connectivity index (χ3v) is 1.62.